The first kappa shape index (κ1) is 22.1. The second-order valence-corrected chi connectivity index (χ2v) is 8.26. The summed E-state index contributed by atoms with van der Waals surface area (Å²) in [6, 6.07) is 8.19. The van der Waals surface area contributed by atoms with Crippen LogP contribution >= 0.6 is 11.6 Å². The number of nitrogens with zero attached hydrogens (tertiary/aromatic N) is 4. The maximum absolute atomic E-state index is 13.9. The smallest absolute Gasteiger partial charge is 0.389 e. The number of oxime groups is 1. The minimum Gasteiger partial charge on any atom is -0.389 e. The van der Waals surface area contributed by atoms with Gasteiger partial charge in [-0.25, -0.2) is 14.1 Å². The highest BCUT2D eigenvalue weighted by atomic mass is 35.5. The van der Waals surface area contributed by atoms with Gasteiger partial charge >= 0.3 is 6.18 Å². The van der Waals surface area contributed by atoms with Crippen LogP contribution in [0.25, 0.3) is 5.82 Å². The molecule has 0 radical (unpaired) electrons. The van der Waals surface area contributed by atoms with Crippen LogP contribution < -0.4 is 5.32 Å². The van der Waals surface area contributed by atoms with Crippen LogP contribution in [-0.2, 0) is 17.6 Å². The Kier molecular flexibility index (Phi) is 5.58. The van der Waals surface area contributed by atoms with Gasteiger partial charge in [-0.15, -0.1) is 0 Å². The van der Waals surface area contributed by atoms with Crippen LogP contribution in [0.2, 0.25) is 5.02 Å². The molecule has 0 amide bonds. The van der Waals surface area contributed by atoms with E-state index in [4.69, 9.17) is 16.4 Å². The Labute approximate surface area is 185 Å². The lowest BCUT2D eigenvalue weighted by molar-refractivity contribution is -0.142. The molecule has 3 heterocycles. The fourth-order valence-electron chi connectivity index (χ4n) is 3.19. The molecule has 0 fully saturated rings. The lowest BCUT2D eigenvalue weighted by atomic mass is 10.0. The van der Waals surface area contributed by atoms with Gasteiger partial charge in [0.2, 0.25) is 0 Å². The van der Waals surface area contributed by atoms with Crippen molar-refractivity contribution < 1.29 is 22.4 Å². The normalized spacial score (nSPS) is 15.4. The van der Waals surface area contributed by atoms with Crippen LogP contribution in [0, 0.1) is 5.82 Å². The molecule has 2 aromatic heterocycles. The van der Waals surface area contributed by atoms with Crippen LogP contribution in [0.4, 0.5) is 23.2 Å². The number of halogens is 5. The Hall–Kier alpha value is -3.14. The summed E-state index contributed by atoms with van der Waals surface area (Å²) in [5, 5.41) is 11.2. The van der Waals surface area contributed by atoms with E-state index in [9.17, 15) is 17.6 Å². The van der Waals surface area contributed by atoms with Gasteiger partial charge in [0, 0.05) is 23.6 Å². The Bertz CT molecular complexity index is 1150. The van der Waals surface area contributed by atoms with Crippen LogP contribution in [0.1, 0.15) is 37.2 Å². The van der Waals surface area contributed by atoms with E-state index < -0.39 is 23.3 Å². The Morgan fingerprint density at radius 2 is 2.00 bits per heavy atom. The number of anilines is 1. The van der Waals surface area contributed by atoms with Crippen molar-refractivity contribution in [1.29, 1.82) is 0 Å². The molecule has 1 aromatic carbocycles. The van der Waals surface area contributed by atoms with Crippen molar-refractivity contribution in [3.05, 3.63) is 70.4 Å². The van der Waals surface area contributed by atoms with Crippen molar-refractivity contribution in [2.45, 2.75) is 38.6 Å². The fourth-order valence-corrected chi connectivity index (χ4v) is 3.42. The van der Waals surface area contributed by atoms with Gasteiger partial charge in [-0.1, -0.05) is 22.8 Å². The molecule has 168 valence electrons. The number of nitrogens with one attached hydrogen (secondary N) is 1. The van der Waals surface area contributed by atoms with E-state index >= 15 is 0 Å². The molecule has 0 saturated heterocycles. The summed E-state index contributed by atoms with van der Waals surface area (Å²) in [5.41, 5.74) is -0.433. The molecule has 0 aliphatic carbocycles. The van der Waals surface area contributed by atoms with Crippen LogP contribution in [0.15, 0.2) is 47.8 Å². The molecule has 1 aliphatic rings. The Balaban J connectivity index is 1.58. The van der Waals surface area contributed by atoms with Crippen molar-refractivity contribution >= 4 is 23.0 Å². The third-order valence-electron chi connectivity index (χ3n) is 4.79. The first-order chi connectivity index (χ1) is 15.0. The van der Waals surface area contributed by atoms with Gasteiger partial charge in [0.25, 0.3) is 0 Å². The highest BCUT2D eigenvalue weighted by Crippen LogP contribution is 2.33. The van der Waals surface area contributed by atoms with Gasteiger partial charge in [0.15, 0.2) is 11.5 Å². The molecule has 1 N–H and O–H groups in total. The fraction of sp³-hybridized carbons (Fsp3) is 0.286. The van der Waals surface area contributed by atoms with Gasteiger partial charge in [0.1, 0.15) is 22.8 Å². The maximum atomic E-state index is 13.9. The van der Waals surface area contributed by atoms with E-state index in [-0.39, 0.29) is 28.6 Å². The summed E-state index contributed by atoms with van der Waals surface area (Å²) >= 11 is 6.00. The van der Waals surface area contributed by atoms with Crippen molar-refractivity contribution in [3.63, 3.8) is 0 Å². The quantitative estimate of drug-likeness (QED) is 0.496. The van der Waals surface area contributed by atoms with Crippen molar-refractivity contribution in [3.8, 4) is 5.82 Å². The third-order valence-corrected chi connectivity index (χ3v) is 5.14. The third kappa shape index (κ3) is 4.55. The van der Waals surface area contributed by atoms with Crippen molar-refractivity contribution in [2.24, 2.45) is 5.16 Å². The standard InChI is InChI=1S/C21H18ClF4N5O/c1-20(2)9-17(30-32-20)16-8-18(21(24,25)26)31(29-16)19-7-6-12(10-28-19)27-11-13-14(22)4-3-5-15(13)23/h3-8,10,27H,9,11H2,1-2H3. The second kappa shape index (κ2) is 8.09. The molecule has 11 heteroatoms. The molecule has 6 nitrogen and oxygen atoms in total. The molecule has 0 saturated carbocycles. The van der Waals surface area contributed by atoms with E-state index in [0.29, 0.717) is 17.8 Å². The number of aromatic nitrogens is 3. The summed E-state index contributed by atoms with van der Waals surface area (Å²) in [7, 11) is 0. The minimum absolute atomic E-state index is 0.0307. The molecule has 1 aliphatic heterocycles. The summed E-state index contributed by atoms with van der Waals surface area (Å²) in [6.45, 7) is 3.65. The second-order valence-electron chi connectivity index (χ2n) is 7.85. The number of rotatable bonds is 5. The molecular weight excluding hydrogens is 450 g/mol. The highest BCUT2D eigenvalue weighted by molar-refractivity contribution is 6.31. The van der Waals surface area contributed by atoms with Gasteiger partial charge in [-0.05, 0) is 44.2 Å². The first-order valence-electron chi connectivity index (χ1n) is 9.59. The number of benzene rings is 1. The minimum atomic E-state index is -4.65. The SMILES string of the molecule is CC1(C)CC(c2cc(C(F)(F)F)n(-c3ccc(NCc4c(F)cccc4Cl)cn3)n2)=NO1. The maximum Gasteiger partial charge on any atom is 0.433 e. The van der Waals surface area contributed by atoms with Gasteiger partial charge in [0.05, 0.1) is 11.9 Å². The predicted molar refractivity (Wildman–Crippen MR) is 111 cm³/mol. The predicted octanol–water partition coefficient (Wildman–Crippen LogP) is 5.59. The van der Waals surface area contributed by atoms with Crippen LogP contribution in [-0.4, -0.2) is 26.1 Å². The molecule has 0 atom stereocenters. The lowest BCUT2D eigenvalue weighted by Crippen LogP contribution is -2.19. The van der Waals surface area contributed by atoms with Gasteiger partial charge in [-0.3, -0.25) is 0 Å². The van der Waals surface area contributed by atoms with Crippen molar-refractivity contribution in [1.82, 2.24) is 14.8 Å². The van der Waals surface area contributed by atoms with Crippen LogP contribution in [0.5, 0.6) is 0 Å². The van der Waals surface area contributed by atoms with Gasteiger partial charge in [-0.2, -0.15) is 18.3 Å². The molecule has 3 aromatic rings. The molecule has 0 spiro atoms. The van der Waals surface area contributed by atoms with E-state index in [1.165, 1.54) is 30.5 Å². The Morgan fingerprint density at radius 3 is 2.59 bits per heavy atom. The van der Waals surface area contributed by atoms with Gasteiger partial charge < -0.3 is 10.2 Å². The first-order valence-corrected chi connectivity index (χ1v) is 9.97. The zero-order valence-corrected chi connectivity index (χ0v) is 17.8. The zero-order chi connectivity index (χ0) is 23.1. The van der Waals surface area contributed by atoms with E-state index in [2.05, 4.69) is 20.6 Å². The average molecular weight is 468 g/mol. The van der Waals surface area contributed by atoms with E-state index in [1.54, 1.807) is 19.9 Å². The van der Waals surface area contributed by atoms with E-state index in [0.717, 1.165) is 10.7 Å². The Morgan fingerprint density at radius 1 is 1.22 bits per heavy atom. The zero-order valence-electron chi connectivity index (χ0n) is 17.0. The highest BCUT2D eigenvalue weighted by Gasteiger charge is 2.39. The molecular formula is C21H18ClF4N5O. The number of alkyl halides is 3. The van der Waals surface area contributed by atoms with Crippen LogP contribution in [0.3, 0.4) is 0 Å². The molecule has 4 rings (SSSR count). The summed E-state index contributed by atoms with van der Waals surface area (Å²) in [4.78, 5) is 9.33. The summed E-state index contributed by atoms with van der Waals surface area (Å²) in [5.74, 6) is -0.493. The molecule has 0 unspecified atom stereocenters. The molecule has 0 bridgehead atoms. The summed E-state index contributed by atoms with van der Waals surface area (Å²) in [6.07, 6.45) is -2.98. The monoisotopic (exact) mass is 467 g/mol. The topological polar surface area (TPSA) is 64.3 Å². The lowest BCUT2D eigenvalue weighted by Gasteiger charge is -2.12. The number of hydrogen-bond acceptors (Lipinski definition) is 5. The van der Waals surface area contributed by atoms with Crippen molar-refractivity contribution in [2.75, 3.05) is 5.32 Å². The molecule has 32 heavy (non-hydrogen) atoms. The average Bonchev–Trinajstić information content (AvgIpc) is 3.31. The van der Waals surface area contributed by atoms with E-state index in [1.807, 2.05) is 0 Å². The number of hydrogen-bond donors (Lipinski definition) is 1. The number of pyridine rings is 1. The largest absolute Gasteiger partial charge is 0.433 e. The summed E-state index contributed by atoms with van der Waals surface area (Å²) < 4.78 is 55.5.